The number of nitrogens with zero attached hydrogens (tertiary/aromatic N) is 2. The van der Waals surface area contributed by atoms with E-state index >= 15 is 0 Å². The van der Waals surface area contributed by atoms with Crippen LogP contribution < -0.4 is 0 Å². The smallest absolute Gasteiger partial charge is 0.186 e. The standard InChI is InChI=1S/C18H42N2OSi2/c1-7-21-22(5,6)18-12-11-13-19-14-16-20(17-15-19)23(8-2,9-3)10-4/h7-18H2,1-6H3. The van der Waals surface area contributed by atoms with E-state index in [2.05, 4.69) is 50.3 Å². The molecule has 0 spiro atoms. The lowest BCUT2D eigenvalue weighted by Crippen LogP contribution is -2.59. The van der Waals surface area contributed by atoms with E-state index in [9.17, 15) is 0 Å². The Morgan fingerprint density at radius 1 is 0.826 bits per heavy atom. The topological polar surface area (TPSA) is 15.7 Å². The van der Waals surface area contributed by atoms with Gasteiger partial charge in [0.15, 0.2) is 8.32 Å². The van der Waals surface area contributed by atoms with Crippen LogP contribution in [0, 0.1) is 0 Å². The molecule has 1 aliphatic heterocycles. The highest BCUT2D eigenvalue weighted by Gasteiger charge is 2.35. The van der Waals surface area contributed by atoms with Gasteiger partial charge in [0.1, 0.15) is 8.24 Å². The van der Waals surface area contributed by atoms with Gasteiger partial charge in [-0.15, -0.1) is 0 Å². The molecule has 1 fully saturated rings. The van der Waals surface area contributed by atoms with Crippen LogP contribution in [0.5, 0.6) is 0 Å². The Bertz CT molecular complexity index is 306. The van der Waals surface area contributed by atoms with Gasteiger partial charge in [-0.25, -0.2) is 0 Å². The normalized spacial score (nSPS) is 18.5. The van der Waals surface area contributed by atoms with Crippen LogP contribution in [-0.2, 0) is 4.43 Å². The average molecular weight is 359 g/mol. The summed E-state index contributed by atoms with van der Waals surface area (Å²) in [4.78, 5) is 2.70. The zero-order valence-electron chi connectivity index (χ0n) is 16.8. The lowest BCUT2D eigenvalue weighted by atomic mass is 10.3. The summed E-state index contributed by atoms with van der Waals surface area (Å²) < 4.78 is 8.84. The molecule has 138 valence electrons. The minimum absolute atomic E-state index is 0.888. The average Bonchev–Trinajstić information content (AvgIpc) is 2.55. The van der Waals surface area contributed by atoms with Crippen molar-refractivity contribution >= 4 is 16.6 Å². The summed E-state index contributed by atoms with van der Waals surface area (Å²) in [5.74, 6) is 0. The lowest BCUT2D eigenvalue weighted by molar-refractivity contribution is 0.179. The maximum Gasteiger partial charge on any atom is 0.186 e. The number of rotatable bonds is 11. The fourth-order valence-corrected chi connectivity index (χ4v) is 10.2. The van der Waals surface area contributed by atoms with Gasteiger partial charge in [0.2, 0.25) is 0 Å². The van der Waals surface area contributed by atoms with Crippen molar-refractivity contribution in [1.29, 1.82) is 0 Å². The molecular weight excluding hydrogens is 316 g/mol. The van der Waals surface area contributed by atoms with Gasteiger partial charge in [0.25, 0.3) is 0 Å². The first kappa shape index (κ1) is 21.4. The fourth-order valence-electron chi connectivity index (χ4n) is 4.22. The molecule has 0 radical (unpaired) electrons. The monoisotopic (exact) mass is 358 g/mol. The predicted octanol–water partition coefficient (Wildman–Crippen LogP) is 4.63. The van der Waals surface area contributed by atoms with Gasteiger partial charge in [-0.05, 0) is 57.2 Å². The summed E-state index contributed by atoms with van der Waals surface area (Å²) in [6, 6.07) is 5.60. The summed E-state index contributed by atoms with van der Waals surface area (Å²) in [5, 5.41) is 0. The third-order valence-electron chi connectivity index (χ3n) is 6.06. The zero-order valence-corrected chi connectivity index (χ0v) is 18.8. The first-order chi connectivity index (χ1) is 10.9. The molecule has 0 saturated carbocycles. The lowest BCUT2D eigenvalue weighted by Gasteiger charge is -2.46. The maximum absolute atomic E-state index is 5.93. The van der Waals surface area contributed by atoms with Crippen molar-refractivity contribution < 1.29 is 4.43 Å². The minimum Gasteiger partial charge on any atom is -0.418 e. The molecule has 23 heavy (non-hydrogen) atoms. The van der Waals surface area contributed by atoms with Crippen LogP contribution in [0.3, 0.4) is 0 Å². The van der Waals surface area contributed by atoms with Crippen LogP contribution in [0.15, 0.2) is 0 Å². The van der Waals surface area contributed by atoms with Crippen molar-refractivity contribution in [2.24, 2.45) is 0 Å². The second-order valence-electron chi connectivity index (χ2n) is 7.76. The summed E-state index contributed by atoms with van der Waals surface area (Å²) in [6.45, 7) is 21.5. The second kappa shape index (κ2) is 10.3. The first-order valence-electron chi connectivity index (χ1n) is 10.0. The molecule has 0 aromatic rings. The van der Waals surface area contributed by atoms with Gasteiger partial charge in [0.05, 0.1) is 0 Å². The number of hydrogen-bond acceptors (Lipinski definition) is 3. The third kappa shape index (κ3) is 6.61. The highest BCUT2D eigenvalue weighted by Crippen LogP contribution is 2.26. The van der Waals surface area contributed by atoms with E-state index in [0.717, 1.165) is 6.61 Å². The summed E-state index contributed by atoms with van der Waals surface area (Å²) in [6.07, 6.45) is 2.69. The summed E-state index contributed by atoms with van der Waals surface area (Å²) >= 11 is 0. The predicted molar refractivity (Wildman–Crippen MR) is 108 cm³/mol. The molecule has 0 unspecified atom stereocenters. The molecule has 0 aliphatic carbocycles. The van der Waals surface area contributed by atoms with Crippen molar-refractivity contribution in [2.75, 3.05) is 39.3 Å². The molecule has 1 aliphatic rings. The Morgan fingerprint density at radius 3 is 1.87 bits per heavy atom. The van der Waals surface area contributed by atoms with E-state index in [1.807, 2.05) is 0 Å². The SMILES string of the molecule is CCO[Si](C)(C)CCCCN1CCN([Si](CC)(CC)CC)CC1. The first-order valence-corrected chi connectivity index (χ1v) is 15.7. The molecule has 0 aromatic heterocycles. The van der Waals surface area contributed by atoms with Crippen molar-refractivity contribution in [3.63, 3.8) is 0 Å². The molecule has 3 nitrogen and oxygen atoms in total. The number of unbranched alkanes of at least 4 members (excludes halogenated alkanes) is 1. The Hall–Kier alpha value is 0.314. The van der Waals surface area contributed by atoms with E-state index < -0.39 is 16.6 Å². The molecule has 5 heteroatoms. The van der Waals surface area contributed by atoms with Gasteiger partial charge in [-0.2, -0.15) is 0 Å². The molecule has 0 aromatic carbocycles. The van der Waals surface area contributed by atoms with E-state index in [1.165, 1.54) is 69.7 Å². The Balaban J connectivity index is 2.27. The molecule has 0 atom stereocenters. The van der Waals surface area contributed by atoms with E-state index in [1.54, 1.807) is 0 Å². The van der Waals surface area contributed by atoms with Gasteiger partial charge >= 0.3 is 0 Å². The Labute approximate surface area is 148 Å². The second-order valence-corrected chi connectivity index (χ2v) is 17.3. The van der Waals surface area contributed by atoms with Gasteiger partial charge in [-0.3, -0.25) is 0 Å². The minimum atomic E-state index is -1.36. The van der Waals surface area contributed by atoms with Crippen molar-refractivity contribution in [3.8, 4) is 0 Å². The molecule has 1 heterocycles. The van der Waals surface area contributed by atoms with Crippen LogP contribution in [0.4, 0.5) is 0 Å². The zero-order chi connectivity index (χ0) is 17.3. The van der Waals surface area contributed by atoms with Crippen LogP contribution in [0.1, 0.15) is 40.5 Å². The quantitative estimate of drug-likeness (QED) is 0.395. The highest BCUT2D eigenvalue weighted by atomic mass is 28.4. The number of hydrogen-bond donors (Lipinski definition) is 0. The largest absolute Gasteiger partial charge is 0.418 e. The molecule has 0 N–H and O–H groups in total. The van der Waals surface area contributed by atoms with Crippen LogP contribution >= 0.6 is 0 Å². The van der Waals surface area contributed by atoms with Crippen LogP contribution in [-0.4, -0.2) is 65.3 Å². The van der Waals surface area contributed by atoms with E-state index in [-0.39, 0.29) is 0 Å². The fraction of sp³-hybridized carbons (Fsp3) is 1.00. The molecule has 1 rings (SSSR count). The van der Waals surface area contributed by atoms with Gasteiger partial charge in [-0.1, -0.05) is 27.2 Å². The van der Waals surface area contributed by atoms with Crippen molar-refractivity contribution in [1.82, 2.24) is 9.47 Å². The van der Waals surface area contributed by atoms with E-state index in [4.69, 9.17) is 4.43 Å². The van der Waals surface area contributed by atoms with Gasteiger partial charge in [0, 0.05) is 32.8 Å². The highest BCUT2D eigenvalue weighted by molar-refractivity contribution is 6.77. The van der Waals surface area contributed by atoms with Gasteiger partial charge < -0.3 is 13.9 Å². The molecular formula is C18H42N2OSi2. The van der Waals surface area contributed by atoms with Crippen molar-refractivity contribution in [2.45, 2.75) is 77.8 Å². The Morgan fingerprint density at radius 2 is 1.39 bits per heavy atom. The summed E-state index contributed by atoms with van der Waals surface area (Å²) in [5.41, 5.74) is 0. The molecule has 0 amide bonds. The summed E-state index contributed by atoms with van der Waals surface area (Å²) in [7, 11) is -2.48. The van der Waals surface area contributed by atoms with E-state index in [0.29, 0.717) is 0 Å². The van der Waals surface area contributed by atoms with Crippen LogP contribution in [0.2, 0.25) is 37.3 Å². The molecule has 1 saturated heterocycles. The Kier molecular flexibility index (Phi) is 9.60. The molecule has 0 bridgehead atoms. The van der Waals surface area contributed by atoms with Crippen LogP contribution in [0.25, 0.3) is 0 Å². The number of piperazine rings is 1. The third-order valence-corrected chi connectivity index (χ3v) is 14.4. The maximum atomic E-state index is 5.93. The van der Waals surface area contributed by atoms with Crippen molar-refractivity contribution in [3.05, 3.63) is 0 Å².